The maximum Gasteiger partial charge on any atom is 0.0990 e. The van der Waals surface area contributed by atoms with Crippen molar-refractivity contribution in [3.05, 3.63) is 0 Å². The van der Waals surface area contributed by atoms with Crippen molar-refractivity contribution >= 4 is 0 Å². The standard InChI is InChI=1S/C6H13NO.C2H6/c1-2-7-4-3-5-8-6-7;1-2/h2-6H2,1H3;1-2H3. The number of hydrogen-bond donors (Lipinski definition) is 0. The molecule has 62 valence electrons. The van der Waals surface area contributed by atoms with Gasteiger partial charge in [0.1, 0.15) is 0 Å². The molecule has 1 aliphatic rings. The Morgan fingerprint density at radius 3 is 2.40 bits per heavy atom. The van der Waals surface area contributed by atoms with E-state index < -0.39 is 0 Å². The molecule has 2 nitrogen and oxygen atoms in total. The van der Waals surface area contributed by atoms with Crippen LogP contribution >= 0.6 is 0 Å². The number of ether oxygens (including phenoxy) is 1. The lowest BCUT2D eigenvalue weighted by molar-refractivity contribution is -0.0103. The Kier molecular flexibility index (Phi) is 6.98. The highest BCUT2D eigenvalue weighted by Gasteiger charge is 2.05. The zero-order valence-electron chi connectivity index (χ0n) is 7.39. The summed E-state index contributed by atoms with van der Waals surface area (Å²) in [5.74, 6) is 0. The van der Waals surface area contributed by atoms with Gasteiger partial charge in [-0.05, 0) is 13.0 Å². The summed E-state index contributed by atoms with van der Waals surface area (Å²) < 4.78 is 5.20. The molecule has 0 aromatic heterocycles. The first-order chi connectivity index (χ1) is 4.93. The first kappa shape index (κ1) is 9.92. The van der Waals surface area contributed by atoms with Crippen LogP contribution in [0.25, 0.3) is 0 Å². The van der Waals surface area contributed by atoms with Crippen molar-refractivity contribution in [1.82, 2.24) is 4.90 Å². The second kappa shape index (κ2) is 7.03. The lowest BCUT2D eigenvalue weighted by atomic mass is 10.4. The minimum atomic E-state index is 0.844. The van der Waals surface area contributed by atoms with Gasteiger partial charge in [0.15, 0.2) is 0 Å². The van der Waals surface area contributed by atoms with Crippen molar-refractivity contribution in [2.24, 2.45) is 0 Å². The van der Waals surface area contributed by atoms with E-state index in [1.807, 2.05) is 13.8 Å². The van der Waals surface area contributed by atoms with Gasteiger partial charge < -0.3 is 4.74 Å². The topological polar surface area (TPSA) is 12.5 Å². The number of nitrogens with zero attached hydrogens (tertiary/aromatic N) is 1. The summed E-state index contributed by atoms with van der Waals surface area (Å²) in [5, 5.41) is 0. The van der Waals surface area contributed by atoms with Gasteiger partial charge in [0.2, 0.25) is 0 Å². The van der Waals surface area contributed by atoms with E-state index in [9.17, 15) is 0 Å². The number of rotatable bonds is 1. The fourth-order valence-corrected chi connectivity index (χ4v) is 0.898. The quantitative estimate of drug-likeness (QED) is 0.557. The Bertz CT molecular complexity index is 60.3. The molecule has 0 aromatic rings. The normalized spacial score (nSPS) is 19.5. The molecule has 0 saturated carbocycles. The van der Waals surface area contributed by atoms with Crippen molar-refractivity contribution in [3.63, 3.8) is 0 Å². The van der Waals surface area contributed by atoms with Crippen LogP contribution < -0.4 is 0 Å². The molecule has 1 saturated heterocycles. The predicted octanol–water partition coefficient (Wildman–Crippen LogP) is 1.71. The molecule has 0 aliphatic carbocycles. The van der Waals surface area contributed by atoms with E-state index in [-0.39, 0.29) is 0 Å². The average Bonchev–Trinajstić information content (AvgIpc) is 2.10. The average molecular weight is 145 g/mol. The van der Waals surface area contributed by atoms with Gasteiger partial charge in [0.05, 0.1) is 6.73 Å². The summed E-state index contributed by atoms with van der Waals surface area (Å²) in [4.78, 5) is 2.30. The highest BCUT2D eigenvalue weighted by atomic mass is 16.5. The molecule has 0 bridgehead atoms. The molecule has 1 rings (SSSR count). The van der Waals surface area contributed by atoms with Gasteiger partial charge >= 0.3 is 0 Å². The van der Waals surface area contributed by atoms with Gasteiger partial charge in [-0.3, -0.25) is 4.90 Å². The third kappa shape index (κ3) is 3.85. The molecule has 1 heterocycles. The molecule has 0 spiro atoms. The Balaban J connectivity index is 0.000000371. The van der Waals surface area contributed by atoms with Crippen LogP contribution in [0.4, 0.5) is 0 Å². The molecule has 1 fully saturated rings. The molecule has 2 heteroatoms. The highest BCUT2D eigenvalue weighted by Crippen LogP contribution is 1.98. The van der Waals surface area contributed by atoms with Gasteiger partial charge in [-0.1, -0.05) is 20.8 Å². The van der Waals surface area contributed by atoms with Crippen molar-refractivity contribution in [2.45, 2.75) is 27.2 Å². The molecule has 10 heavy (non-hydrogen) atoms. The van der Waals surface area contributed by atoms with Crippen LogP contribution in [0.2, 0.25) is 0 Å². The SMILES string of the molecule is CC.CCN1CCCOC1. The van der Waals surface area contributed by atoms with E-state index in [1.165, 1.54) is 13.0 Å². The lowest BCUT2D eigenvalue weighted by Crippen LogP contribution is -2.32. The molecule has 0 unspecified atom stereocenters. The van der Waals surface area contributed by atoms with Gasteiger partial charge in [-0.25, -0.2) is 0 Å². The Hall–Kier alpha value is -0.0800. The lowest BCUT2D eigenvalue weighted by Gasteiger charge is -2.24. The van der Waals surface area contributed by atoms with Gasteiger partial charge in [0, 0.05) is 13.2 Å². The van der Waals surface area contributed by atoms with Crippen LogP contribution in [0.15, 0.2) is 0 Å². The first-order valence-corrected chi connectivity index (χ1v) is 4.23. The van der Waals surface area contributed by atoms with Crippen molar-refractivity contribution < 1.29 is 4.74 Å². The van der Waals surface area contributed by atoms with Gasteiger partial charge in [-0.15, -0.1) is 0 Å². The Labute approximate surface area is 64.2 Å². The maximum atomic E-state index is 5.20. The van der Waals surface area contributed by atoms with Crippen LogP contribution in [0.5, 0.6) is 0 Å². The zero-order chi connectivity index (χ0) is 7.82. The van der Waals surface area contributed by atoms with Crippen LogP contribution in [0.1, 0.15) is 27.2 Å². The van der Waals surface area contributed by atoms with Crippen molar-refractivity contribution in [2.75, 3.05) is 26.4 Å². The van der Waals surface area contributed by atoms with Crippen LogP contribution in [0, 0.1) is 0 Å². The second-order valence-corrected chi connectivity index (χ2v) is 2.10. The monoisotopic (exact) mass is 145 g/mol. The Morgan fingerprint density at radius 1 is 1.40 bits per heavy atom. The summed E-state index contributed by atoms with van der Waals surface area (Å²) in [6.07, 6.45) is 1.20. The van der Waals surface area contributed by atoms with Crippen LogP contribution in [-0.2, 0) is 4.74 Å². The van der Waals surface area contributed by atoms with Crippen LogP contribution in [-0.4, -0.2) is 31.3 Å². The third-order valence-electron chi connectivity index (χ3n) is 1.48. The molecule has 0 radical (unpaired) electrons. The summed E-state index contributed by atoms with van der Waals surface area (Å²) in [5.41, 5.74) is 0. The molecule has 0 aromatic carbocycles. The minimum absolute atomic E-state index is 0.844. The van der Waals surface area contributed by atoms with E-state index in [0.29, 0.717) is 0 Å². The maximum absolute atomic E-state index is 5.20. The summed E-state index contributed by atoms with van der Waals surface area (Å²) >= 11 is 0. The van der Waals surface area contributed by atoms with E-state index in [2.05, 4.69) is 11.8 Å². The van der Waals surface area contributed by atoms with E-state index in [0.717, 1.165) is 19.9 Å². The third-order valence-corrected chi connectivity index (χ3v) is 1.48. The molecule has 0 N–H and O–H groups in total. The molecular formula is C8H19NO. The zero-order valence-corrected chi connectivity index (χ0v) is 7.39. The Morgan fingerprint density at radius 2 is 2.10 bits per heavy atom. The van der Waals surface area contributed by atoms with E-state index >= 15 is 0 Å². The largest absolute Gasteiger partial charge is 0.366 e. The molecular weight excluding hydrogens is 126 g/mol. The highest BCUT2D eigenvalue weighted by molar-refractivity contribution is 4.53. The predicted molar refractivity (Wildman–Crippen MR) is 44.0 cm³/mol. The summed E-state index contributed by atoms with van der Waals surface area (Å²) in [7, 11) is 0. The van der Waals surface area contributed by atoms with E-state index in [1.54, 1.807) is 0 Å². The van der Waals surface area contributed by atoms with Crippen molar-refractivity contribution in [1.29, 1.82) is 0 Å². The smallest absolute Gasteiger partial charge is 0.0990 e. The van der Waals surface area contributed by atoms with Gasteiger partial charge in [-0.2, -0.15) is 0 Å². The minimum Gasteiger partial charge on any atom is -0.366 e. The molecule has 0 amide bonds. The fourth-order valence-electron chi connectivity index (χ4n) is 0.898. The second-order valence-electron chi connectivity index (χ2n) is 2.10. The molecule has 0 atom stereocenters. The summed E-state index contributed by atoms with van der Waals surface area (Å²) in [6, 6.07) is 0. The number of hydrogen-bond acceptors (Lipinski definition) is 2. The van der Waals surface area contributed by atoms with Crippen LogP contribution in [0.3, 0.4) is 0 Å². The van der Waals surface area contributed by atoms with E-state index in [4.69, 9.17) is 4.74 Å². The van der Waals surface area contributed by atoms with Crippen molar-refractivity contribution in [3.8, 4) is 0 Å². The fraction of sp³-hybridized carbons (Fsp3) is 1.00. The first-order valence-electron chi connectivity index (χ1n) is 4.23. The van der Waals surface area contributed by atoms with Gasteiger partial charge in [0.25, 0.3) is 0 Å². The summed E-state index contributed by atoms with van der Waals surface area (Å²) in [6.45, 7) is 10.3. The molecule has 1 aliphatic heterocycles.